The lowest BCUT2D eigenvalue weighted by Crippen LogP contribution is -2.26. The molecule has 0 unspecified atom stereocenters. The first-order valence-corrected chi connectivity index (χ1v) is 7.09. The fourth-order valence-corrected chi connectivity index (χ4v) is 2.49. The van der Waals surface area contributed by atoms with Gasteiger partial charge in [0.15, 0.2) is 0 Å². The maximum absolute atomic E-state index is 5.88. The molecule has 0 aliphatic rings. The Bertz CT molecular complexity index is 490. The highest BCUT2D eigenvalue weighted by Crippen LogP contribution is 2.24. The Morgan fingerprint density at radius 3 is 2.56 bits per heavy atom. The van der Waals surface area contributed by atoms with Gasteiger partial charge in [-0.15, -0.1) is 11.6 Å². The normalized spacial score (nSPS) is 10.3. The number of hydrogen-bond acceptors (Lipinski definition) is 2. The van der Waals surface area contributed by atoms with E-state index < -0.39 is 0 Å². The van der Waals surface area contributed by atoms with Gasteiger partial charge >= 0.3 is 0 Å². The molecule has 2 nitrogen and oxygen atoms in total. The third-order valence-corrected chi connectivity index (χ3v) is 3.40. The van der Waals surface area contributed by atoms with Gasteiger partial charge in [-0.25, -0.2) is 4.98 Å². The molecule has 0 aliphatic heterocycles. The molecule has 0 radical (unpaired) electrons. The summed E-state index contributed by atoms with van der Waals surface area (Å²) in [6.07, 6.45) is 1.80. The van der Waals surface area contributed by atoms with Crippen molar-refractivity contribution in [2.75, 3.05) is 17.3 Å². The molecule has 0 fully saturated rings. The van der Waals surface area contributed by atoms with Crippen LogP contribution in [0.2, 0.25) is 0 Å². The Hall–Kier alpha value is -1.06. The minimum absolute atomic E-state index is 0.579. The third kappa shape index (κ3) is 3.47. The van der Waals surface area contributed by atoms with Crippen molar-refractivity contribution < 1.29 is 0 Å². The molecule has 2 aromatic rings. The number of halogens is 2. The monoisotopic (exact) mass is 324 g/mol. The number of pyridine rings is 1. The smallest absolute Gasteiger partial charge is 0.143 e. The van der Waals surface area contributed by atoms with Gasteiger partial charge in [-0.05, 0) is 33.6 Å². The number of benzene rings is 1. The molecule has 0 bridgehead atoms. The molecule has 0 amide bonds. The van der Waals surface area contributed by atoms with Crippen molar-refractivity contribution in [2.24, 2.45) is 0 Å². The topological polar surface area (TPSA) is 16.1 Å². The van der Waals surface area contributed by atoms with Crippen LogP contribution in [0.4, 0.5) is 5.82 Å². The van der Waals surface area contributed by atoms with Crippen LogP contribution in [0.1, 0.15) is 5.56 Å². The number of nitrogens with zero attached hydrogens (tertiary/aromatic N) is 2. The van der Waals surface area contributed by atoms with Crippen LogP contribution in [0.3, 0.4) is 0 Å². The zero-order valence-corrected chi connectivity index (χ0v) is 12.2. The quantitative estimate of drug-likeness (QED) is 0.770. The summed E-state index contributed by atoms with van der Waals surface area (Å²) >= 11 is 9.41. The molecule has 4 heteroatoms. The van der Waals surface area contributed by atoms with Gasteiger partial charge in [0.25, 0.3) is 0 Å². The fourth-order valence-electron chi connectivity index (χ4n) is 1.78. The van der Waals surface area contributed by atoms with Crippen LogP contribution in [0.25, 0.3) is 0 Å². The Kier molecular flexibility index (Phi) is 5.02. The zero-order valence-electron chi connectivity index (χ0n) is 9.89. The number of alkyl halides is 1. The standard InChI is InChI=1S/C14H14BrClN2/c15-13-7-4-9-17-14(13)18(10-8-16)11-12-5-2-1-3-6-12/h1-7,9H,8,10-11H2. The van der Waals surface area contributed by atoms with E-state index in [2.05, 4.69) is 37.9 Å². The van der Waals surface area contributed by atoms with Crippen LogP contribution in [-0.2, 0) is 6.54 Å². The second-order valence-electron chi connectivity index (χ2n) is 3.90. The van der Waals surface area contributed by atoms with E-state index in [1.165, 1.54) is 5.56 Å². The van der Waals surface area contributed by atoms with Crippen molar-refractivity contribution in [1.29, 1.82) is 0 Å². The lowest BCUT2D eigenvalue weighted by atomic mass is 10.2. The van der Waals surface area contributed by atoms with Gasteiger partial charge in [0.2, 0.25) is 0 Å². The molecule has 0 aliphatic carbocycles. The molecule has 94 valence electrons. The van der Waals surface area contributed by atoms with Gasteiger partial charge in [-0.1, -0.05) is 30.3 Å². The molecule has 0 atom stereocenters. The molecule has 0 spiro atoms. The van der Waals surface area contributed by atoms with E-state index in [-0.39, 0.29) is 0 Å². The maximum atomic E-state index is 5.88. The molecular formula is C14H14BrClN2. The first-order chi connectivity index (χ1) is 8.81. The van der Waals surface area contributed by atoms with E-state index in [0.29, 0.717) is 5.88 Å². The highest BCUT2D eigenvalue weighted by molar-refractivity contribution is 9.10. The second kappa shape index (κ2) is 6.76. The predicted octanol–water partition coefficient (Wildman–Crippen LogP) is 4.09. The minimum atomic E-state index is 0.579. The van der Waals surface area contributed by atoms with E-state index in [0.717, 1.165) is 23.4 Å². The Balaban J connectivity index is 2.21. The van der Waals surface area contributed by atoms with Crippen LogP contribution in [0.5, 0.6) is 0 Å². The lowest BCUT2D eigenvalue weighted by molar-refractivity contribution is 0.814. The van der Waals surface area contributed by atoms with E-state index in [1.54, 1.807) is 6.20 Å². The van der Waals surface area contributed by atoms with Gasteiger partial charge in [0.1, 0.15) is 5.82 Å². The van der Waals surface area contributed by atoms with Crippen LogP contribution < -0.4 is 4.90 Å². The largest absolute Gasteiger partial charge is 0.350 e. The molecule has 18 heavy (non-hydrogen) atoms. The molecule has 2 rings (SSSR count). The number of rotatable bonds is 5. The number of anilines is 1. The number of aromatic nitrogens is 1. The average Bonchev–Trinajstić information content (AvgIpc) is 2.40. The third-order valence-electron chi connectivity index (χ3n) is 2.61. The summed E-state index contributed by atoms with van der Waals surface area (Å²) in [5, 5.41) is 0. The van der Waals surface area contributed by atoms with Gasteiger partial charge in [-0.2, -0.15) is 0 Å². The molecule has 1 aromatic carbocycles. The van der Waals surface area contributed by atoms with Crippen molar-refractivity contribution in [3.63, 3.8) is 0 Å². The molecule has 0 saturated carbocycles. The SMILES string of the molecule is ClCCN(Cc1ccccc1)c1ncccc1Br. The first-order valence-electron chi connectivity index (χ1n) is 5.76. The van der Waals surface area contributed by atoms with Crippen molar-refractivity contribution >= 4 is 33.3 Å². The lowest BCUT2D eigenvalue weighted by Gasteiger charge is -2.23. The predicted molar refractivity (Wildman–Crippen MR) is 80.1 cm³/mol. The molecular weight excluding hydrogens is 312 g/mol. The number of hydrogen-bond donors (Lipinski definition) is 0. The van der Waals surface area contributed by atoms with Crippen molar-refractivity contribution in [3.05, 3.63) is 58.7 Å². The van der Waals surface area contributed by atoms with Crippen LogP contribution in [0, 0.1) is 0 Å². The van der Waals surface area contributed by atoms with Gasteiger partial charge in [0.05, 0.1) is 4.47 Å². The van der Waals surface area contributed by atoms with Crippen molar-refractivity contribution in [2.45, 2.75) is 6.54 Å². The van der Waals surface area contributed by atoms with E-state index in [1.807, 2.05) is 30.3 Å². The summed E-state index contributed by atoms with van der Waals surface area (Å²) in [6, 6.07) is 14.2. The van der Waals surface area contributed by atoms with Crippen LogP contribution in [-0.4, -0.2) is 17.4 Å². The molecule has 0 saturated heterocycles. The van der Waals surface area contributed by atoms with Gasteiger partial charge < -0.3 is 4.90 Å². The van der Waals surface area contributed by atoms with Gasteiger partial charge in [0, 0.05) is 25.2 Å². The van der Waals surface area contributed by atoms with Gasteiger partial charge in [-0.3, -0.25) is 0 Å². The fraction of sp³-hybridized carbons (Fsp3) is 0.214. The molecule has 1 aromatic heterocycles. The zero-order chi connectivity index (χ0) is 12.8. The highest BCUT2D eigenvalue weighted by Gasteiger charge is 2.11. The van der Waals surface area contributed by atoms with E-state index in [4.69, 9.17) is 11.6 Å². The molecule has 0 N–H and O–H groups in total. The Morgan fingerprint density at radius 2 is 1.89 bits per heavy atom. The van der Waals surface area contributed by atoms with Crippen molar-refractivity contribution in [1.82, 2.24) is 4.98 Å². The molecule has 1 heterocycles. The summed E-state index contributed by atoms with van der Waals surface area (Å²) in [6.45, 7) is 1.58. The summed E-state index contributed by atoms with van der Waals surface area (Å²) < 4.78 is 0.992. The highest BCUT2D eigenvalue weighted by atomic mass is 79.9. The van der Waals surface area contributed by atoms with Crippen molar-refractivity contribution in [3.8, 4) is 0 Å². The minimum Gasteiger partial charge on any atom is -0.350 e. The van der Waals surface area contributed by atoms with Crippen LogP contribution in [0.15, 0.2) is 53.1 Å². The Labute approximate surface area is 121 Å². The summed E-state index contributed by atoms with van der Waals surface area (Å²) in [5.74, 6) is 1.51. The summed E-state index contributed by atoms with van der Waals surface area (Å²) in [7, 11) is 0. The average molecular weight is 326 g/mol. The Morgan fingerprint density at radius 1 is 1.11 bits per heavy atom. The van der Waals surface area contributed by atoms with E-state index in [9.17, 15) is 0 Å². The summed E-state index contributed by atoms with van der Waals surface area (Å²) in [5.41, 5.74) is 1.25. The first kappa shape index (κ1) is 13.4. The summed E-state index contributed by atoms with van der Waals surface area (Å²) in [4.78, 5) is 6.59. The van der Waals surface area contributed by atoms with E-state index >= 15 is 0 Å². The maximum Gasteiger partial charge on any atom is 0.143 e. The second-order valence-corrected chi connectivity index (χ2v) is 5.14. The van der Waals surface area contributed by atoms with Crippen LogP contribution >= 0.6 is 27.5 Å².